The topological polar surface area (TPSA) is 111 Å². The van der Waals surface area contributed by atoms with Gasteiger partial charge in [0.25, 0.3) is 0 Å². The number of anilines is 1. The summed E-state index contributed by atoms with van der Waals surface area (Å²) in [6.07, 6.45) is 1.49. The van der Waals surface area contributed by atoms with E-state index >= 15 is 0 Å². The molecule has 0 bridgehead atoms. The van der Waals surface area contributed by atoms with Gasteiger partial charge in [0.15, 0.2) is 0 Å². The molecule has 0 fully saturated rings. The van der Waals surface area contributed by atoms with Gasteiger partial charge < -0.3 is 19.9 Å². The van der Waals surface area contributed by atoms with Crippen LogP contribution >= 0.6 is 11.6 Å². The highest BCUT2D eigenvalue weighted by atomic mass is 35.5. The summed E-state index contributed by atoms with van der Waals surface area (Å²) in [4.78, 5) is 8.18. The summed E-state index contributed by atoms with van der Waals surface area (Å²) in [5.74, 6) is 1.26. The Labute approximate surface area is 197 Å². The Balaban J connectivity index is 1.84. The molecule has 10 heteroatoms. The van der Waals surface area contributed by atoms with Crippen molar-refractivity contribution in [2.24, 2.45) is 0 Å². The Morgan fingerprint density at radius 1 is 1.12 bits per heavy atom. The molecule has 0 spiro atoms. The largest absolute Gasteiger partial charge is 0.497 e. The van der Waals surface area contributed by atoms with Gasteiger partial charge in [0.05, 0.1) is 22.9 Å². The fourth-order valence-electron chi connectivity index (χ4n) is 3.73. The fourth-order valence-corrected chi connectivity index (χ4v) is 5.20. The zero-order valence-corrected chi connectivity index (χ0v) is 20.1. The highest BCUT2D eigenvalue weighted by Gasteiger charge is 2.53. The molecule has 0 amide bonds. The minimum Gasteiger partial charge on any atom is -0.497 e. The number of aliphatic hydroxyl groups is 1. The molecule has 0 saturated carbocycles. The van der Waals surface area contributed by atoms with E-state index in [0.717, 1.165) is 0 Å². The summed E-state index contributed by atoms with van der Waals surface area (Å²) in [6.45, 7) is 5.15. The normalized spacial score (nSPS) is 21.6. The van der Waals surface area contributed by atoms with Crippen molar-refractivity contribution in [3.8, 4) is 11.5 Å². The molecule has 8 nitrogen and oxygen atoms in total. The second-order valence-corrected chi connectivity index (χ2v) is 10.7. The number of nitrogens with zero attached hydrogens (tertiary/aromatic N) is 2. The van der Waals surface area contributed by atoms with Crippen molar-refractivity contribution >= 4 is 27.3 Å². The lowest BCUT2D eigenvalue weighted by Gasteiger charge is -2.49. The van der Waals surface area contributed by atoms with E-state index in [-0.39, 0.29) is 15.1 Å². The van der Waals surface area contributed by atoms with Crippen molar-refractivity contribution in [2.75, 3.05) is 12.4 Å². The Morgan fingerprint density at radius 3 is 2.55 bits per heavy atom. The van der Waals surface area contributed by atoms with Gasteiger partial charge in [-0.15, -0.1) is 0 Å². The number of fused-ring (bicyclic) bond motifs is 1. The number of benzene rings is 2. The minimum atomic E-state index is -3.87. The molecule has 174 valence electrons. The van der Waals surface area contributed by atoms with Gasteiger partial charge >= 0.3 is 0 Å². The van der Waals surface area contributed by atoms with Gasteiger partial charge in [-0.25, -0.2) is 18.4 Å². The summed E-state index contributed by atoms with van der Waals surface area (Å²) < 4.78 is 38.0. The maximum absolute atomic E-state index is 13.4. The number of hydrogen-bond donors (Lipinski definition) is 2. The van der Waals surface area contributed by atoms with Gasteiger partial charge in [-0.3, -0.25) is 0 Å². The van der Waals surface area contributed by atoms with Crippen LogP contribution in [0.2, 0.25) is 5.28 Å². The molecule has 0 radical (unpaired) electrons. The van der Waals surface area contributed by atoms with E-state index in [9.17, 15) is 13.5 Å². The maximum atomic E-state index is 13.4. The summed E-state index contributed by atoms with van der Waals surface area (Å²) in [5.41, 5.74) is -1.98. The smallest absolute Gasteiger partial charge is 0.224 e. The molecular weight excluding hydrogens is 466 g/mol. The SMILES string of the molecule is COc1cccc(S(=O)(=O)c2ccc3c(c2)[C@@H](Nc2ccnc(Cl)n2)[C@](C)(O)C(C)(C)O3)c1. The third kappa shape index (κ3) is 4.12. The van der Waals surface area contributed by atoms with Gasteiger partial charge in [0.1, 0.15) is 28.5 Å². The standard InChI is InChI=1S/C23H24ClN3O5S/c1-22(2)23(3,28)20(26-19-10-11-25-21(24)27-19)17-13-16(8-9-18(17)32-22)33(29,30)15-7-5-6-14(12-15)31-4/h5-13,20,28H,1-4H3,(H,25,26,27)/t20-,23+/m1/s1. The van der Waals surface area contributed by atoms with Gasteiger partial charge in [-0.2, -0.15) is 0 Å². The summed E-state index contributed by atoms with van der Waals surface area (Å²) in [6, 6.07) is 11.7. The van der Waals surface area contributed by atoms with Crippen LogP contribution in [0.5, 0.6) is 11.5 Å². The number of aromatic nitrogens is 2. The molecule has 2 aromatic carbocycles. The van der Waals surface area contributed by atoms with Crippen LogP contribution in [0.4, 0.5) is 5.82 Å². The Kier molecular flexibility index (Phi) is 5.76. The van der Waals surface area contributed by atoms with Crippen molar-refractivity contribution < 1.29 is 23.0 Å². The lowest BCUT2D eigenvalue weighted by Crippen LogP contribution is -2.60. The molecule has 1 aliphatic heterocycles. The number of sulfone groups is 1. The molecule has 1 aliphatic rings. The quantitative estimate of drug-likeness (QED) is 0.516. The lowest BCUT2D eigenvalue weighted by atomic mass is 9.75. The monoisotopic (exact) mass is 489 g/mol. The van der Waals surface area contributed by atoms with Gasteiger partial charge in [0.2, 0.25) is 15.1 Å². The lowest BCUT2D eigenvalue weighted by molar-refractivity contribution is -0.128. The predicted octanol–water partition coefficient (Wildman–Crippen LogP) is 4.05. The van der Waals surface area contributed by atoms with Crippen LogP contribution in [0, 0.1) is 0 Å². The average Bonchev–Trinajstić information content (AvgIpc) is 2.76. The molecule has 33 heavy (non-hydrogen) atoms. The number of nitrogens with one attached hydrogen (secondary N) is 1. The van der Waals surface area contributed by atoms with Crippen LogP contribution in [0.3, 0.4) is 0 Å². The van der Waals surface area contributed by atoms with E-state index in [2.05, 4.69) is 15.3 Å². The molecule has 2 heterocycles. The highest BCUT2D eigenvalue weighted by molar-refractivity contribution is 7.91. The number of ether oxygens (including phenoxy) is 2. The Hall–Kier alpha value is -2.88. The third-order valence-corrected chi connectivity index (χ3v) is 7.95. The van der Waals surface area contributed by atoms with E-state index in [0.29, 0.717) is 22.9 Å². The molecule has 4 rings (SSSR count). The Bertz CT molecular complexity index is 1310. The van der Waals surface area contributed by atoms with Crippen molar-refractivity contribution in [2.45, 2.75) is 47.8 Å². The number of methoxy groups -OCH3 is 1. The number of rotatable bonds is 5. The van der Waals surface area contributed by atoms with Gasteiger partial charge in [-0.05, 0) is 74.8 Å². The average molecular weight is 490 g/mol. The molecule has 0 aliphatic carbocycles. The minimum absolute atomic E-state index is 0.0422. The summed E-state index contributed by atoms with van der Waals surface area (Å²) in [7, 11) is -2.39. The molecule has 0 saturated heterocycles. The zero-order valence-electron chi connectivity index (χ0n) is 18.5. The third-order valence-electron chi connectivity index (χ3n) is 6.02. The van der Waals surface area contributed by atoms with Crippen LogP contribution in [0.25, 0.3) is 0 Å². The van der Waals surface area contributed by atoms with E-state index in [1.54, 1.807) is 45.0 Å². The van der Waals surface area contributed by atoms with E-state index in [1.165, 1.54) is 37.6 Å². The number of halogens is 1. The Morgan fingerprint density at radius 2 is 1.85 bits per heavy atom. The number of hydrogen-bond acceptors (Lipinski definition) is 8. The molecule has 2 N–H and O–H groups in total. The van der Waals surface area contributed by atoms with Crippen molar-refractivity contribution in [1.82, 2.24) is 9.97 Å². The second-order valence-electron chi connectivity index (χ2n) is 8.43. The summed E-state index contributed by atoms with van der Waals surface area (Å²) >= 11 is 5.93. The molecule has 3 aromatic rings. The van der Waals surface area contributed by atoms with E-state index in [4.69, 9.17) is 21.1 Å². The predicted molar refractivity (Wildman–Crippen MR) is 124 cm³/mol. The molecule has 0 unspecified atom stereocenters. The van der Waals surface area contributed by atoms with Crippen molar-refractivity contribution in [1.29, 1.82) is 0 Å². The fraction of sp³-hybridized carbons (Fsp3) is 0.304. The summed E-state index contributed by atoms with van der Waals surface area (Å²) in [5, 5.41) is 14.7. The van der Waals surface area contributed by atoms with Gasteiger partial charge in [-0.1, -0.05) is 6.07 Å². The first-order valence-corrected chi connectivity index (χ1v) is 12.0. The van der Waals surface area contributed by atoms with Crippen LogP contribution in [0.15, 0.2) is 64.5 Å². The molecule has 2 atom stereocenters. The van der Waals surface area contributed by atoms with Crippen LogP contribution in [-0.4, -0.2) is 41.8 Å². The van der Waals surface area contributed by atoms with E-state index in [1.807, 2.05) is 0 Å². The first-order chi connectivity index (χ1) is 15.5. The van der Waals surface area contributed by atoms with Crippen LogP contribution in [0.1, 0.15) is 32.4 Å². The van der Waals surface area contributed by atoms with Crippen molar-refractivity contribution in [3.05, 3.63) is 65.6 Å². The van der Waals surface area contributed by atoms with Crippen LogP contribution in [-0.2, 0) is 9.84 Å². The first-order valence-electron chi connectivity index (χ1n) is 10.2. The van der Waals surface area contributed by atoms with Crippen molar-refractivity contribution in [3.63, 3.8) is 0 Å². The van der Waals surface area contributed by atoms with Gasteiger partial charge in [0, 0.05) is 11.8 Å². The van der Waals surface area contributed by atoms with E-state index < -0.39 is 27.1 Å². The second kappa shape index (κ2) is 8.16. The van der Waals surface area contributed by atoms with Crippen LogP contribution < -0.4 is 14.8 Å². The molecular formula is C23H24ClN3O5S. The highest BCUT2D eigenvalue weighted by Crippen LogP contribution is 2.48. The molecule has 1 aromatic heterocycles. The first kappa shape index (κ1) is 23.3. The zero-order chi connectivity index (χ0) is 24.0. The maximum Gasteiger partial charge on any atom is 0.224 e.